The number of halogens is 2. The van der Waals surface area contributed by atoms with Gasteiger partial charge in [0.2, 0.25) is 0 Å². The van der Waals surface area contributed by atoms with E-state index in [0.717, 1.165) is 31.5 Å². The second-order valence-electron chi connectivity index (χ2n) is 8.36. The number of aryl methyl sites for hydroxylation is 1. The van der Waals surface area contributed by atoms with Gasteiger partial charge in [-0.05, 0) is 38.3 Å². The Morgan fingerprint density at radius 3 is 2.61 bits per heavy atom. The Bertz CT molecular complexity index is 943. The molecule has 2 atom stereocenters. The van der Waals surface area contributed by atoms with E-state index in [-0.39, 0.29) is 28.8 Å². The van der Waals surface area contributed by atoms with Crippen LogP contribution in [0.4, 0.5) is 5.82 Å². The molecule has 1 aliphatic heterocycles. The Balaban J connectivity index is 1.41. The smallest absolute Gasteiger partial charge is 0.269 e. The van der Waals surface area contributed by atoms with Crippen molar-refractivity contribution in [2.75, 3.05) is 25.1 Å². The Hall–Kier alpha value is -1.87. The standard InChI is InChI=1S/C21H27Cl2N5O3/c1-12-17(22)18(23)19(24-12)20(29)25-13-7-10-28(11-14(13)31-2)16-6-5-15(26-27-16)21(30)8-3-4-9-21/h5-6,13-14,24,30H,3-4,7-11H2,1-2H3,(H,25,29)/t13-,14+/m1/s1. The van der Waals surface area contributed by atoms with Crippen LogP contribution >= 0.6 is 23.2 Å². The first-order valence-electron chi connectivity index (χ1n) is 10.5. The van der Waals surface area contributed by atoms with Crippen molar-refractivity contribution in [1.29, 1.82) is 0 Å². The average molecular weight is 468 g/mol. The summed E-state index contributed by atoms with van der Waals surface area (Å²) in [5, 5.41) is 22.9. The summed E-state index contributed by atoms with van der Waals surface area (Å²) in [6, 6.07) is 3.58. The summed E-state index contributed by atoms with van der Waals surface area (Å²) in [7, 11) is 1.63. The van der Waals surface area contributed by atoms with E-state index >= 15 is 0 Å². The molecule has 168 valence electrons. The van der Waals surface area contributed by atoms with Crippen LogP contribution < -0.4 is 10.2 Å². The molecule has 0 aromatic carbocycles. The number of rotatable bonds is 5. The van der Waals surface area contributed by atoms with E-state index < -0.39 is 5.60 Å². The third kappa shape index (κ3) is 4.39. The van der Waals surface area contributed by atoms with Gasteiger partial charge in [-0.15, -0.1) is 5.10 Å². The van der Waals surface area contributed by atoms with Crippen molar-refractivity contribution >= 4 is 34.9 Å². The van der Waals surface area contributed by atoms with Gasteiger partial charge in [-0.1, -0.05) is 36.0 Å². The van der Waals surface area contributed by atoms with Crippen LogP contribution in [0.5, 0.6) is 0 Å². The monoisotopic (exact) mass is 467 g/mol. The molecule has 1 saturated heterocycles. The van der Waals surface area contributed by atoms with Gasteiger partial charge < -0.3 is 25.0 Å². The van der Waals surface area contributed by atoms with Gasteiger partial charge in [-0.25, -0.2) is 0 Å². The maximum atomic E-state index is 12.7. The number of carbonyl (C=O) groups excluding carboxylic acids is 1. The van der Waals surface area contributed by atoms with Crippen LogP contribution in [0.15, 0.2) is 12.1 Å². The molecule has 31 heavy (non-hydrogen) atoms. The van der Waals surface area contributed by atoms with Gasteiger partial charge in [0.25, 0.3) is 5.91 Å². The molecule has 0 radical (unpaired) electrons. The number of nitrogens with one attached hydrogen (secondary N) is 2. The Morgan fingerprint density at radius 1 is 1.29 bits per heavy atom. The summed E-state index contributed by atoms with van der Waals surface area (Å²) in [5.74, 6) is 0.418. The molecule has 2 aromatic heterocycles. The zero-order valence-corrected chi connectivity index (χ0v) is 19.1. The quantitative estimate of drug-likeness (QED) is 0.623. The first kappa shape index (κ1) is 22.3. The number of carbonyl (C=O) groups is 1. The van der Waals surface area contributed by atoms with Crippen LogP contribution in [0.1, 0.15) is 54.0 Å². The maximum Gasteiger partial charge on any atom is 0.269 e. The molecule has 0 spiro atoms. The lowest BCUT2D eigenvalue weighted by Crippen LogP contribution is -2.55. The lowest BCUT2D eigenvalue weighted by Gasteiger charge is -2.38. The number of aliphatic hydroxyl groups is 1. The molecule has 3 heterocycles. The summed E-state index contributed by atoms with van der Waals surface area (Å²) in [5.41, 5.74) is 0.695. The number of anilines is 1. The van der Waals surface area contributed by atoms with Crippen molar-refractivity contribution in [3.05, 3.63) is 39.3 Å². The number of piperidine rings is 1. The third-order valence-electron chi connectivity index (χ3n) is 6.34. The highest BCUT2D eigenvalue weighted by Crippen LogP contribution is 2.37. The van der Waals surface area contributed by atoms with Crippen molar-refractivity contribution < 1.29 is 14.6 Å². The fourth-order valence-corrected chi connectivity index (χ4v) is 4.87. The van der Waals surface area contributed by atoms with Crippen LogP contribution in [0, 0.1) is 6.92 Å². The molecule has 0 unspecified atom stereocenters. The lowest BCUT2D eigenvalue weighted by molar-refractivity contribution is 0.0389. The van der Waals surface area contributed by atoms with Crippen LogP contribution in [0.2, 0.25) is 10.0 Å². The summed E-state index contributed by atoms with van der Waals surface area (Å²) < 4.78 is 5.66. The highest BCUT2D eigenvalue weighted by atomic mass is 35.5. The zero-order valence-electron chi connectivity index (χ0n) is 17.6. The molecule has 3 N–H and O–H groups in total. The topological polar surface area (TPSA) is 103 Å². The number of amides is 1. The summed E-state index contributed by atoms with van der Waals surface area (Å²) in [6.45, 7) is 3.00. The van der Waals surface area contributed by atoms with Crippen molar-refractivity contribution in [1.82, 2.24) is 20.5 Å². The van der Waals surface area contributed by atoms with E-state index in [0.29, 0.717) is 35.9 Å². The van der Waals surface area contributed by atoms with E-state index in [1.54, 1.807) is 14.0 Å². The SMILES string of the molecule is CO[C@H]1CN(c2ccc(C3(O)CCCC3)nn2)CC[C@H]1NC(=O)c1[nH]c(C)c(Cl)c1Cl. The number of aromatic amines is 1. The predicted molar refractivity (Wildman–Crippen MR) is 119 cm³/mol. The minimum atomic E-state index is -0.849. The second kappa shape index (κ2) is 8.94. The van der Waals surface area contributed by atoms with Gasteiger partial charge >= 0.3 is 0 Å². The molecular weight excluding hydrogens is 441 g/mol. The fourth-order valence-electron chi connectivity index (χ4n) is 4.46. The van der Waals surface area contributed by atoms with Gasteiger partial charge in [-0.3, -0.25) is 4.79 Å². The highest BCUT2D eigenvalue weighted by Gasteiger charge is 2.36. The number of hydrogen-bond acceptors (Lipinski definition) is 6. The van der Waals surface area contributed by atoms with Crippen molar-refractivity contribution in [2.45, 2.75) is 56.8 Å². The maximum absolute atomic E-state index is 12.7. The van der Waals surface area contributed by atoms with Crippen molar-refractivity contribution in [2.24, 2.45) is 0 Å². The molecule has 2 aromatic rings. The number of ether oxygens (including phenoxy) is 1. The molecule has 1 saturated carbocycles. The highest BCUT2D eigenvalue weighted by molar-refractivity contribution is 6.44. The van der Waals surface area contributed by atoms with Gasteiger partial charge in [0.15, 0.2) is 5.82 Å². The van der Waals surface area contributed by atoms with Gasteiger partial charge in [0.05, 0.1) is 27.9 Å². The van der Waals surface area contributed by atoms with Crippen LogP contribution in [0.3, 0.4) is 0 Å². The van der Waals surface area contributed by atoms with Crippen LogP contribution in [-0.2, 0) is 10.3 Å². The number of methoxy groups -OCH3 is 1. The number of aromatic nitrogens is 3. The van der Waals surface area contributed by atoms with Gasteiger partial charge in [0, 0.05) is 25.9 Å². The summed E-state index contributed by atoms with van der Waals surface area (Å²) in [6.07, 6.45) is 3.91. The number of H-pyrrole nitrogens is 1. The Morgan fingerprint density at radius 2 is 2.03 bits per heavy atom. The molecule has 8 nitrogen and oxygen atoms in total. The summed E-state index contributed by atoms with van der Waals surface area (Å²) in [4.78, 5) is 17.7. The third-order valence-corrected chi connectivity index (χ3v) is 7.29. The molecule has 2 aliphatic rings. The van der Waals surface area contributed by atoms with Crippen LogP contribution in [0.25, 0.3) is 0 Å². The predicted octanol–water partition coefficient (Wildman–Crippen LogP) is 3.21. The minimum absolute atomic E-state index is 0.182. The first-order chi connectivity index (χ1) is 14.8. The number of hydrogen-bond donors (Lipinski definition) is 3. The molecular formula is C21H27Cl2N5O3. The normalized spacial score (nSPS) is 23.2. The fraction of sp³-hybridized carbons (Fsp3) is 0.571. The Kier molecular flexibility index (Phi) is 6.44. The number of nitrogens with zero attached hydrogens (tertiary/aromatic N) is 3. The van der Waals surface area contributed by atoms with Crippen molar-refractivity contribution in [3.63, 3.8) is 0 Å². The second-order valence-corrected chi connectivity index (χ2v) is 9.11. The van der Waals surface area contributed by atoms with Crippen molar-refractivity contribution in [3.8, 4) is 0 Å². The summed E-state index contributed by atoms with van der Waals surface area (Å²) >= 11 is 12.3. The van der Waals surface area contributed by atoms with E-state index in [1.807, 2.05) is 12.1 Å². The largest absolute Gasteiger partial charge is 0.383 e. The molecule has 10 heteroatoms. The molecule has 2 fully saturated rings. The Labute approximate surface area is 191 Å². The van der Waals surface area contributed by atoms with Gasteiger partial charge in [-0.2, -0.15) is 5.10 Å². The molecule has 4 rings (SSSR count). The average Bonchev–Trinajstić information content (AvgIpc) is 3.34. The lowest BCUT2D eigenvalue weighted by atomic mass is 9.97. The molecule has 1 amide bonds. The van der Waals surface area contributed by atoms with E-state index in [4.69, 9.17) is 27.9 Å². The van der Waals surface area contributed by atoms with E-state index in [2.05, 4.69) is 25.4 Å². The minimum Gasteiger partial charge on any atom is -0.383 e. The zero-order chi connectivity index (χ0) is 22.2. The van der Waals surface area contributed by atoms with Crippen LogP contribution in [-0.4, -0.2) is 58.5 Å². The van der Waals surface area contributed by atoms with E-state index in [9.17, 15) is 9.90 Å². The first-order valence-corrected chi connectivity index (χ1v) is 11.3. The van der Waals surface area contributed by atoms with Gasteiger partial charge in [0.1, 0.15) is 11.3 Å². The molecule has 0 bridgehead atoms. The van der Waals surface area contributed by atoms with E-state index in [1.165, 1.54) is 0 Å². The molecule has 1 aliphatic carbocycles.